The standard InChI is InChI=1S/C18H16N2O5/c1-23-11-8-15(24-2)14(16(9-11)25-3)10-19-20-17(21)12-6-4-5-7-13(12)18(20)22/h4-10H,1-3H3/b19-10-. The molecule has 0 atom stereocenters. The Morgan fingerprint density at radius 3 is 1.84 bits per heavy atom. The Balaban J connectivity index is 1.98. The maximum Gasteiger partial charge on any atom is 0.282 e. The third kappa shape index (κ3) is 2.80. The van der Waals surface area contributed by atoms with Crippen LogP contribution in [0.1, 0.15) is 26.3 Å². The number of hydrazone groups is 1. The number of rotatable bonds is 5. The quantitative estimate of drug-likeness (QED) is 0.617. The van der Waals surface area contributed by atoms with Gasteiger partial charge in [-0.25, -0.2) is 0 Å². The number of carbonyl (C=O) groups is 2. The molecular weight excluding hydrogens is 324 g/mol. The molecule has 0 saturated carbocycles. The molecule has 0 N–H and O–H groups in total. The Labute approximate surface area is 144 Å². The van der Waals surface area contributed by atoms with E-state index in [0.717, 1.165) is 5.01 Å². The fraction of sp³-hybridized carbons (Fsp3) is 0.167. The van der Waals surface area contributed by atoms with E-state index in [1.54, 1.807) is 36.4 Å². The summed E-state index contributed by atoms with van der Waals surface area (Å²) in [6.07, 6.45) is 1.36. The third-order valence-electron chi connectivity index (χ3n) is 3.83. The number of methoxy groups -OCH3 is 3. The number of nitrogens with zero attached hydrogens (tertiary/aromatic N) is 2. The third-order valence-corrected chi connectivity index (χ3v) is 3.83. The Hall–Kier alpha value is -3.35. The molecule has 2 aromatic rings. The van der Waals surface area contributed by atoms with Gasteiger partial charge in [0.15, 0.2) is 0 Å². The number of amides is 2. The predicted molar refractivity (Wildman–Crippen MR) is 90.6 cm³/mol. The van der Waals surface area contributed by atoms with Gasteiger partial charge in [0, 0.05) is 12.1 Å². The molecule has 0 bridgehead atoms. The number of fused-ring (bicyclic) bond motifs is 1. The topological polar surface area (TPSA) is 77.4 Å². The predicted octanol–water partition coefficient (Wildman–Crippen LogP) is 2.34. The highest BCUT2D eigenvalue weighted by atomic mass is 16.5. The van der Waals surface area contributed by atoms with Crippen molar-refractivity contribution in [3.05, 3.63) is 53.1 Å². The van der Waals surface area contributed by atoms with E-state index >= 15 is 0 Å². The van der Waals surface area contributed by atoms with Gasteiger partial charge in [-0.2, -0.15) is 10.1 Å². The summed E-state index contributed by atoms with van der Waals surface area (Å²) in [6.45, 7) is 0. The summed E-state index contributed by atoms with van der Waals surface area (Å²) in [5.41, 5.74) is 1.15. The molecule has 0 saturated heterocycles. The zero-order valence-electron chi connectivity index (χ0n) is 14.0. The largest absolute Gasteiger partial charge is 0.496 e. The first kappa shape index (κ1) is 16.5. The van der Waals surface area contributed by atoms with Crippen LogP contribution in [0.25, 0.3) is 0 Å². The molecule has 1 aliphatic rings. The Morgan fingerprint density at radius 1 is 0.880 bits per heavy atom. The number of ether oxygens (including phenoxy) is 3. The van der Waals surface area contributed by atoms with Crippen molar-refractivity contribution in [2.45, 2.75) is 0 Å². The van der Waals surface area contributed by atoms with Crippen LogP contribution in [0.15, 0.2) is 41.5 Å². The van der Waals surface area contributed by atoms with Gasteiger partial charge >= 0.3 is 0 Å². The molecule has 128 valence electrons. The van der Waals surface area contributed by atoms with Crippen LogP contribution >= 0.6 is 0 Å². The van der Waals surface area contributed by atoms with Gasteiger partial charge in [0.2, 0.25) is 0 Å². The van der Waals surface area contributed by atoms with Gasteiger partial charge in [-0.15, -0.1) is 0 Å². The first-order valence-corrected chi connectivity index (χ1v) is 7.42. The molecular formula is C18H16N2O5. The lowest BCUT2D eigenvalue weighted by atomic mass is 10.1. The van der Waals surface area contributed by atoms with E-state index in [1.165, 1.54) is 27.5 Å². The maximum atomic E-state index is 12.3. The van der Waals surface area contributed by atoms with Crippen molar-refractivity contribution in [2.24, 2.45) is 5.10 Å². The van der Waals surface area contributed by atoms with Gasteiger partial charge in [-0.1, -0.05) is 12.1 Å². The number of benzene rings is 2. The van der Waals surface area contributed by atoms with Crippen LogP contribution in [0.2, 0.25) is 0 Å². The molecule has 1 aliphatic heterocycles. The average Bonchev–Trinajstić information content (AvgIpc) is 2.90. The molecule has 0 fully saturated rings. The highest BCUT2D eigenvalue weighted by molar-refractivity contribution is 6.21. The Bertz CT molecular complexity index is 816. The summed E-state index contributed by atoms with van der Waals surface area (Å²) in [6, 6.07) is 9.91. The zero-order chi connectivity index (χ0) is 18.0. The van der Waals surface area contributed by atoms with E-state index in [2.05, 4.69) is 5.10 Å². The molecule has 0 spiro atoms. The minimum Gasteiger partial charge on any atom is -0.496 e. The molecule has 0 radical (unpaired) electrons. The Kier molecular flexibility index (Phi) is 4.38. The van der Waals surface area contributed by atoms with Gasteiger partial charge < -0.3 is 14.2 Å². The van der Waals surface area contributed by atoms with E-state index in [9.17, 15) is 9.59 Å². The van der Waals surface area contributed by atoms with Crippen molar-refractivity contribution in [3.63, 3.8) is 0 Å². The summed E-state index contributed by atoms with van der Waals surface area (Å²) in [7, 11) is 4.52. The number of hydrogen-bond donors (Lipinski definition) is 0. The molecule has 2 aromatic carbocycles. The summed E-state index contributed by atoms with van der Waals surface area (Å²) in [5.74, 6) is 0.492. The normalized spacial score (nSPS) is 13.3. The SMILES string of the molecule is COc1cc(OC)c(/C=N\N2C(=O)c3ccccc3C2=O)c(OC)c1. The maximum absolute atomic E-state index is 12.3. The van der Waals surface area contributed by atoms with Crippen molar-refractivity contribution in [3.8, 4) is 17.2 Å². The first-order valence-electron chi connectivity index (χ1n) is 7.42. The van der Waals surface area contributed by atoms with Crippen molar-refractivity contribution < 1.29 is 23.8 Å². The number of carbonyl (C=O) groups excluding carboxylic acids is 2. The fourth-order valence-electron chi connectivity index (χ4n) is 2.56. The van der Waals surface area contributed by atoms with E-state index in [1.807, 2.05) is 0 Å². The highest BCUT2D eigenvalue weighted by Gasteiger charge is 2.35. The van der Waals surface area contributed by atoms with Crippen molar-refractivity contribution >= 4 is 18.0 Å². The summed E-state index contributed by atoms with van der Waals surface area (Å²) in [4.78, 5) is 24.7. The van der Waals surface area contributed by atoms with Crippen LogP contribution in [0, 0.1) is 0 Å². The zero-order valence-corrected chi connectivity index (χ0v) is 14.0. The Morgan fingerprint density at radius 2 is 1.40 bits per heavy atom. The number of imide groups is 1. The molecule has 3 rings (SSSR count). The number of hydrogen-bond acceptors (Lipinski definition) is 6. The minimum atomic E-state index is -0.469. The smallest absolute Gasteiger partial charge is 0.282 e. The monoisotopic (exact) mass is 340 g/mol. The van der Waals surface area contributed by atoms with E-state index in [4.69, 9.17) is 14.2 Å². The summed E-state index contributed by atoms with van der Waals surface area (Å²) < 4.78 is 15.8. The molecule has 0 aliphatic carbocycles. The van der Waals surface area contributed by atoms with Crippen molar-refractivity contribution in [1.29, 1.82) is 0 Å². The van der Waals surface area contributed by atoms with Gasteiger partial charge in [0.25, 0.3) is 11.8 Å². The minimum absolute atomic E-state index is 0.332. The lowest BCUT2D eigenvalue weighted by molar-refractivity contribution is 0.0660. The van der Waals surface area contributed by atoms with E-state index < -0.39 is 11.8 Å². The van der Waals surface area contributed by atoms with Gasteiger partial charge in [-0.05, 0) is 12.1 Å². The van der Waals surface area contributed by atoms with Crippen LogP contribution < -0.4 is 14.2 Å². The van der Waals surface area contributed by atoms with Crippen LogP contribution in [-0.4, -0.2) is 44.4 Å². The van der Waals surface area contributed by atoms with Crippen molar-refractivity contribution in [2.75, 3.05) is 21.3 Å². The van der Waals surface area contributed by atoms with Crippen LogP contribution in [0.4, 0.5) is 0 Å². The lowest BCUT2D eigenvalue weighted by Crippen LogP contribution is -2.24. The van der Waals surface area contributed by atoms with E-state index in [-0.39, 0.29) is 0 Å². The molecule has 2 amide bonds. The van der Waals surface area contributed by atoms with Gasteiger partial charge in [-0.3, -0.25) is 9.59 Å². The van der Waals surface area contributed by atoms with Crippen LogP contribution in [-0.2, 0) is 0 Å². The molecule has 0 aromatic heterocycles. The lowest BCUT2D eigenvalue weighted by Gasteiger charge is -2.13. The van der Waals surface area contributed by atoms with Crippen LogP contribution in [0.3, 0.4) is 0 Å². The molecule has 1 heterocycles. The molecule has 7 nitrogen and oxygen atoms in total. The second-order valence-electron chi connectivity index (χ2n) is 5.16. The van der Waals surface area contributed by atoms with Gasteiger partial charge in [0.05, 0.1) is 44.2 Å². The molecule has 25 heavy (non-hydrogen) atoms. The molecule has 7 heteroatoms. The van der Waals surface area contributed by atoms with Gasteiger partial charge in [0.1, 0.15) is 17.2 Å². The van der Waals surface area contributed by atoms with Crippen molar-refractivity contribution in [1.82, 2.24) is 5.01 Å². The summed E-state index contributed by atoms with van der Waals surface area (Å²) in [5, 5.41) is 4.88. The summed E-state index contributed by atoms with van der Waals surface area (Å²) >= 11 is 0. The fourth-order valence-corrected chi connectivity index (χ4v) is 2.56. The first-order chi connectivity index (χ1) is 12.1. The molecule has 0 unspecified atom stereocenters. The highest BCUT2D eigenvalue weighted by Crippen LogP contribution is 2.33. The van der Waals surface area contributed by atoms with E-state index in [0.29, 0.717) is 33.9 Å². The van der Waals surface area contributed by atoms with Crippen LogP contribution in [0.5, 0.6) is 17.2 Å². The second-order valence-corrected chi connectivity index (χ2v) is 5.16. The average molecular weight is 340 g/mol. The second kappa shape index (κ2) is 6.64.